The van der Waals surface area contributed by atoms with Crippen LogP contribution in [0.25, 0.3) is 28.1 Å². The summed E-state index contributed by atoms with van der Waals surface area (Å²) in [5.41, 5.74) is 2.80. The SMILES string of the molecule is COc1cc(-n2cnc3cc(-c4nccn4C)ccc32)cc(OC)c1C(=O)NCC(F)(F)F. The van der Waals surface area contributed by atoms with Crippen LogP contribution in [0, 0.1) is 0 Å². The number of hydrogen-bond acceptors (Lipinski definition) is 5. The Hall–Kier alpha value is -4.02. The fourth-order valence-electron chi connectivity index (χ4n) is 3.53. The number of hydrogen-bond donors (Lipinski definition) is 1. The summed E-state index contributed by atoms with van der Waals surface area (Å²) in [6.45, 7) is -1.47. The van der Waals surface area contributed by atoms with Crippen LogP contribution in [-0.4, -0.2) is 51.9 Å². The Morgan fingerprint density at radius 3 is 2.36 bits per heavy atom. The summed E-state index contributed by atoms with van der Waals surface area (Å²) in [6, 6.07) is 8.78. The van der Waals surface area contributed by atoms with Crippen LogP contribution in [0.5, 0.6) is 11.5 Å². The number of nitrogens with zero attached hydrogens (tertiary/aromatic N) is 4. The third kappa shape index (κ3) is 4.34. The molecule has 172 valence electrons. The first-order valence-electron chi connectivity index (χ1n) is 9.78. The maximum Gasteiger partial charge on any atom is 0.405 e. The number of fused-ring (bicyclic) bond motifs is 1. The van der Waals surface area contributed by atoms with Gasteiger partial charge in [0.25, 0.3) is 5.91 Å². The van der Waals surface area contributed by atoms with Gasteiger partial charge in [-0.1, -0.05) is 0 Å². The standard InChI is InChI=1S/C22H20F3N5O3/c1-29-7-6-26-20(29)13-4-5-16-15(8-13)28-12-30(16)14-9-17(32-2)19(18(10-14)33-3)21(31)27-11-22(23,24)25/h4-10,12H,11H2,1-3H3,(H,27,31). The number of halogens is 3. The molecular formula is C22H20F3N5O3. The molecule has 2 heterocycles. The van der Waals surface area contributed by atoms with Crippen molar-refractivity contribution in [3.63, 3.8) is 0 Å². The van der Waals surface area contributed by atoms with Gasteiger partial charge in [-0.2, -0.15) is 13.2 Å². The van der Waals surface area contributed by atoms with Crippen molar-refractivity contribution in [2.45, 2.75) is 6.18 Å². The zero-order valence-electron chi connectivity index (χ0n) is 18.0. The predicted octanol–water partition coefficient (Wildman–Crippen LogP) is 3.74. The molecular weight excluding hydrogens is 439 g/mol. The first-order valence-corrected chi connectivity index (χ1v) is 9.78. The second-order valence-corrected chi connectivity index (χ2v) is 7.20. The van der Waals surface area contributed by atoms with E-state index in [0.29, 0.717) is 11.2 Å². The van der Waals surface area contributed by atoms with Gasteiger partial charge in [-0.05, 0) is 18.2 Å². The van der Waals surface area contributed by atoms with Crippen LogP contribution in [0.3, 0.4) is 0 Å². The van der Waals surface area contributed by atoms with Crippen LogP contribution in [0.15, 0.2) is 49.1 Å². The smallest absolute Gasteiger partial charge is 0.405 e. The summed E-state index contributed by atoms with van der Waals surface area (Å²) in [5, 5.41) is 1.85. The van der Waals surface area contributed by atoms with Crippen molar-refractivity contribution in [3.05, 3.63) is 54.6 Å². The van der Waals surface area contributed by atoms with Gasteiger partial charge >= 0.3 is 6.18 Å². The number of aryl methyl sites for hydroxylation is 1. The molecule has 0 radical (unpaired) electrons. The number of carbonyl (C=O) groups excluding carboxylic acids is 1. The van der Waals surface area contributed by atoms with E-state index in [1.165, 1.54) is 14.2 Å². The second kappa shape index (κ2) is 8.49. The number of imidazole rings is 2. The van der Waals surface area contributed by atoms with Gasteiger partial charge < -0.3 is 19.4 Å². The molecule has 0 atom stereocenters. The van der Waals surface area contributed by atoms with Crippen LogP contribution in [-0.2, 0) is 7.05 Å². The predicted molar refractivity (Wildman–Crippen MR) is 115 cm³/mol. The van der Waals surface area contributed by atoms with Gasteiger partial charge in [0.05, 0.1) is 30.9 Å². The third-order valence-electron chi connectivity index (χ3n) is 5.07. The molecule has 2 aromatic carbocycles. The number of carbonyl (C=O) groups is 1. The number of rotatable bonds is 6. The Bertz CT molecular complexity index is 1300. The summed E-state index contributed by atoms with van der Waals surface area (Å²) < 4.78 is 51.9. The summed E-state index contributed by atoms with van der Waals surface area (Å²) in [4.78, 5) is 21.2. The van der Waals surface area contributed by atoms with Crippen molar-refractivity contribution in [3.8, 4) is 28.6 Å². The Morgan fingerprint density at radius 2 is 1.79 bits per heavy atom. The number of amides is 1. The fraction of sp³-hybridized carbons (Fsp3) is 0.227. The van der Waals surface area contributed by atoms with E-state index in [-0.39, 0.29) is 17.1 Å². The van der Waals surface area contributed by atoms with Gasteiger partial charge in [0.15, 0.2) is 0 Å². The van der Waals surface area contributed by atoms with Gasteiger partial charge in [0.2, 0.25) is 0 Å². The highest BCUT2D eigenvalue weighted by Crippen LogP contribution is 2.34. The highest BCUT2D eigenvalue weighted by molar-refractivity contribution is 6.00. The van der Waals surface area contributed by atoms with Crippen LogP contribution < -0.4 is 14.8 Å². The van der Waals surface area contributed by atoms with E-state index in [2.05, 4.69) is 9.97 Å². The molecule has 0 unspecified atom stereocenters. The van der Waals surface area contributed by atoms with Crippen molar-refractivity contribution in [2.75, 3.05) is 20.8 Å². The number of nitrogens with one attached hydrogen (secondary N) is 1. The fourth-order valence-corrected chi connectivity index (χ4v) is 3.53. The zero-order chi connectivity index (χ0) is 23.8. The molecule has 33 heavy (non-hydrogen) atoms. The van der Waals surface area contributed by atoms with Crippen LogP contribution in [0.4, 0.5) is 13.2 Å². The van der Waals surface area contributed by atoms with E-state index in [0.717, 1.165) is 16.9 Å². The number of benzene rings is 2. The highest BCUT2D eigenvalue weighted by Gasteiger charge is 2.30. The first-order chi connectivity index (χ1) is 15.7. The second-order valence-electron chi connectivity index (χ2n) is 7.20. The average Bonchev–Trinajstić information content (AvgIpc) is 3.41. The van der Waals surface area contributed by atoms with Crippen molar-refractivity contribution in [1.29, 1.82) is 0 Å². The van der Waals surface area contributed by atoms with E-state index in [1.54, 1.807) is 29.2 Å². The molecule has 0 aliphatic heterocycles. The maximum absolute atomic E-state index is 12.5. The monoisotopic (exact) mass is 459 g/mol. The molecule has 1 N–H and O–H groups in total. The van der Waals surface area contributed by atoms with Crippen LogP contribution in [0.2, 0.25) is 0 Å². The van der Waals surface area contributed by atoms with E-state index in [1.807, 2.05) is 41.3 Å². The minimum atomic E-state index is -4.54. The summed E-state index contributed by atoms with van der Waals surface area (Å²) in [7, 11) is 4.55. The van der Waals surface area contributed by atoms with Crippen molar-refractivity contribution in [1.82, 2.24) is 24.4 Å². The Labute approximate surface area is 186 Å². The van der Waals surface area contributed by atoms with Gasteiger partial charge in [-0.25, -0.2) is 9.97 Å². The first kappa shape index (κ1) is 22.2. The Kier molecular flexibility index (Phi) is 5.71. The van der Waals surface area contributed by atoms with Crippen LogP contribution >= 0.6 is 0 Å². The minimum absolute atomic E-state index is 0.0653. The van der Waals surface area contributed by atoms with E-state index >= 15 is 0 Å². The lowest BCUT2D eigenvalue weighted by Crippen LogP contribution is -2.34. The van der Waals surface area contributed by atoms with Gasteiger partial charge in [-0.15, -0.1) is 0 Å². The molecule has 0 bridgehead atoms. The van der Waals surface area contributed by atoms with E-state index in [9.17, 15) is 18.0 Å². The lowest BCUT2D eigenvalue weighted by molar-refractivity contribution is -0.123. The molecule has 0 saturated heterocycles. The molecule has 0 fully saturated rings. The number of ether oxygens (including phenoxy) is 2. The summed E-state index contributed by atoms with van der Waals surface area (Å²) in [6.07, 6.45) is 0.621. The van der Waals surface area contributed by atoms with Gasteiger partial charge in [-0.3, -0.25) is 9.36 Å². The molecule has 0 spiro atoms. The summed E-state index contributed by atoms with van der Waals surface area (Å²) >= 11 is 0. The largest absolute Gasteiger partial charge is 0.496 e. The molecule has 0 aliphatic rings. The van der Waals surface area contributed by atoms with E-state index < -0.39 is 18.6 Å². The molecule has 0 aliphatic carbocycles. The average molecular weight is 459 g/mol. The van der Waals surface area contributed by atoms with Crippen molar-refractivity contribution < 1.29 is 27.4 Å². The lowest BCUT2D eigenvalue weighted by atomic mass is 10.1. The van der Waals surface area contributed by atoms with Gasteiger partial charge in [0, 0.05) is 37.1 Å². The van der Waals surface area contributed by atoms with Gasteiger partial charge in [0.1, 0.15) is 35.8 Å². The molecule has 8 nitrogen and oxygen atoms in total. The van der Waals surface area contributed by atoms with Crippen LogP contribution in [0.1, 0.15) is 10.4 Å². The Morgan fingerprint density at radius 1 is 1.09 bits per heavy atom. The molecule has 0 saturated carbocycles. The lowest BCUT2D eigenvalue weighted by Gasteiger charge is -2.16. The molecule has 11 heteroatoms. The number of aromatic nitrogens is 4. The third-order valence-corrected chi connectivity index (χ3v) is 5.07. The molecule has 4 aromatic rings. The minimum Gasteiger partial charge on any atom is -0.496 e. The molecule has 2 aromatic heterocycles. The normalized spacial score (nSPS) is 11.6. The number of methoxy groups -OCH3 is 2. The molecule has 4 rings (SSSR count). The maximum atomic E-state index is 12.5. The number of alkyl halides is 3. The highest BCUT2D eigenvalue weighted by atomic mass is 19.4. The zero-order valence-corrected chi connectivity index (χ0v) is 18.0. The van der Waals surface area contributed by atoms with Crippen molar-refractivity contribution >= 4 is 16.9 Å². The quantitative estimate of drug-likeness (QED) is 0.475. The molecule has 1 amide bonds. The topological polar surface area (TPSA) is 83.2 Å². The van der Waals surface area contributed by atoms with Crippen molar-refractivity contribution in [2.24, 2.45) is 7.05 Å². The summed E-state index contributed by atoms with van der Waals surface area (Å²) in [5.74, 6) is -0.0298. The van der Waals surface area contributed by atoms with E-state index in [4.69, 9.17) is 9.47 Å². The Balaban J connectivity index is 1.75.